The van der Waals surface area contributed by atoms with Gasteiger partial charge >= 0.3 is 0 Å². The molecule has 0 saturated carbocycles. The lowest BCUT2D eigenvalue weighted by molar-refractivity contribution is -0.00788. The third-order valence-electron chi connectivity index (χ3n) is 2.37. The van der Waals surface area contributed by atoms with Gasteiger partial charge in [-0.15, -0.1) is 0 Å². The Morgan fingerprint density at radius 1 is 1.44 bits per heavy atom. The van der Waals surface area contributed by atoms with Gasteiger partial charge in [-0.05, 0) is 27.3 Å². The monoisotopic (exact) mass is 228 g/mol. The summed E-state index contributed by atoms with van der Waals surface area (Å²) in [6.45, 7) is 10.5. The first-order valence-corrected chi connectivity index (χ1v) is 5.93. The molecule has 94 valence electrons. The van der Waals surface area contributed by atoms with Crippen molar-refractivity contribution in [2.24, 2.45) is 0 Å². The maximum absolute atomic E-state index is 9.03. The highest BCUT2D eigenvalue weighted by molar-refractivity contribution is 5.03. The Morgan fingerprint density at radius 3 is 2.62 bits per heavy atom. The summed E-state index contributed by atoms with van der Waals surface area (Å²) in [5.41, 5.74) is -0.486. The summed E-state index contributed by atoms with van der Waals surface area (Å²) in [5.74, 6) is 0. The second-order valence-electron chi connectivity index (χ2n) is 4.07. The summed E-state index contributed by atoms with van der Waals surface area (Å²) < 4.78 is 10.8. The highest BCUT2D eigenvalue weighted by atomic mass is 16.5. The number of nitrogens with zero attached hydrogens (tertiary/aromatic N) is 1. The number of nitrogens with one attached hydrogen (secondary N) is 1. The van der Waals surface area contributed by atoms with Crippen LogP contribution in [-0.2, 0) is 9.47 Å². The van der Waals surface area contributed by atoms with E-state index in [1.165, 1.54) is 0 Å². The van der Waals surface area contributed by atoms with Crippen LogP contribution in [0.5, 0.6) is 0 Å². The van der Waals surface area contributed by atoms with E-state index in [1.807, 2.05) is 27.7 Å². The van der Waals surface area contributed by atoms with Gasteiger partial charge < -0.3 is 9.47 Å². The van der Waals surface area contributed by atoms with Crippen LogP contribution in [-0.4, -0.2) is 38.0 Å². The molecule has 0 aromatic rings. The smallest absolute Gasteiger partial charge is 0.106 e. The van der Waals surface area contributed by atoms with Crippen molar-refractivity contribution >= 4 is 0 Å². The summed E-state index contributed by atoms with van der Waals surface area (Å²) in [6.07, 6.45) is 0.776. The molecule has 4 heteroatoms. The van der Waals surface area contributed by atoms with Gasteiger partial charge in [0.25, 0.3) is 0 Å². The van der Waals surface area contributed by atoms with Crippen molar-refractivity contribution in [3.8, 4) is 6.07 Å². The van der Waals surface area contributed by atoms with Crippen LogP contribution in [0.3, 0.4) is 0 Å². The standard InChI is InChI=1S/C12H24N2O2/c1-5-14-12(4,10-13)7-8-16-11(3)9-15-6-2/h11,14H,5-9H2,1-4H3. The highest BCUT2D eigenvalue weighted by Crippen LogP contribution is 2.08. The summed E-state index contributed by atoms with van der Waals surface area (Å²) in [7, 11) is 0. The van der Waals surface area contributed by atoms with Crippen molar-refractivity contribution in [2.45, 2.75) is 45.8 Å². The summed E-state index contributed by atoms with van der Waals surface area (Å²) in [5, 5.41) is 12.2. The Bertz CT molecular complexity index is 216. The van der Waals surface area contributed by atoms with E-state index in [-0.39, 0.29) is 6.10 Å². The molecule has 0 aliphatic heterocycles. The molecule has 4 nitrogen and oxygen atoms in total. The van der Waals surface area contributed by atoms with Crippen LogP contribution in [0.25, 0.3) is 0 Å². The average Bonchev–Trinajstić information content (AvgIpc) is 2.26. The van der Waals surface area contributed by atoms with Crippen molar-refractivity contribution in [3.05, 3.63) is 0 Å². The predicted molar refractivity (Wildman–Crippen MR) is 64.2 cm³/mol. The molecular formula is C12H24N2O2. The Kier molecular flexibility index (Phi) is 8.18. The van der Waals surface area contributed by atoms with E-state index in [0.29, 0.717) is 26.2 Å². The van der Waals surface area contributed by atoms with E-state index in [0.717, 1.165) is 6.54 Å². The molecule has 2 unspecified atom stereocenters. The molecule has 0 aliphatic rings. The number of rotatable bonds is 9. The molecule has 0 aromatic carbocycles. The van der Waals surface area contributed by atoms with E-state index >= 15 is 0 Å². The molecule has 0 aliphatic carbocycles. The fourth-order valence-electron chi connectivity index (χ4n) is 1.37. The molecule has 1 N–H and O–H groups in total. The summed E-state index contributed by atoms with van der Waals surface area (Å²) >= 11 is 0. The lowest BCUT2D eigenvalue weighted by Crippen LogP contribution is -2.42. The Morgan fingerprint density at radius 2 is 2.12 bits per heavy atom. The number of nitriles is 1. The quantitative estimate of drug-likeness (QED) is 0.652. The van der Waals surface area contributed by atoms with Crippen LogP contribution in [0.15, 0.2) is 0 Å². The third-order valence-corrected chi connectivity index (χ3v) is 2.37. The number of hydrogen-bond donors (Lipinski definition) is 1. The Labute approximate surface area is 98.9 Å². The van der Waals surface area contributed by atoms with Crippen molar-refractivity contribution in [2.75, 3.05) is 26.4 Å². The van der Waals surface area contributed by atoms with Gasteiger partial charge in [0, 0.05) is 19.6 Å². The van der Waals surface area contributed by atoms with Gasteiger partial charge in [-0.3, -0.25) is 5.32 Å². The molecule has 0 spiro atoms. The van der Waals surface area contributed by atoms with Crippen LogP contribution in [0.4, 0.5) is 0 Å². The van der Waals surface area contributed by atoms with Gasteiger partial charge in [0.1, 0.15) is 5.54 Å². The molecule has 0 saturated heterocycles. The molecule has 16 heavy (non-hydrogen) atoms. The lowest BCUT2D eigenvalue weighted by Gasteiger charge is -2.23. The number of ether oxygens (including phenoxy) is 2. The molecule has 0 amide bonds. The van der Waals surface area contributed by atoms with Gasteiger partial charge in [0.2, 0.25) is 0 Å². The van der Waals surface area contributed by atoms with E-state index in [4.69, 9.17) is 14.7 Å². The fourth-order valence-corrected chi connectivity index (χ4v) is 1.37. The molecule has 0 fully saturated rings. The minimum absolute atomic E-state index is 0.0875. The normalized spacial score (nSPS) is 16.4. The van der Waals surface area contributed by atoms with Gasteiger partial charge in [-0.25, -0.2) is 0 Å². The van der Waals surface area contributed by atoms with E-state index in [2.05, 4.69) is 11.4 Å². The van der Waals surface area contributed by atoms with Crippen molar-refractivity contribution in [1.29, 1.82) is 5.26 Å². The molecule has 0 aromatic heterocycles. The molecule has 0 rings (SSSR count). The predicted octanol–water partition coefficient (Wildman–Crippen LogP) is 1.71. The van der Waals surface area contributed by atoms with E-state index in [1.54, 1.807) is 0 Å². The first-order valence-electron chi connectivity index (χ1n) is 5.93. The molecule has 2 atom stereocenters. The van der Waals surface area contributed by atoms with Crippen LogP contribution < -0.4 is 5.32 Å². The summed E-state index contributed by atoms with van der Waals surface area (Å²) in [6, 6.07) is 2.27. The Balaban J connectivity index is 3.74. The van der Waals surface area contributed by atoms with Crippen molar-refractivity contribution in [1.82, 2.24) is 5.32 Å². The lowest BCUT2D eigenvalue weighted by atomic mass is 10.0. The first kappa shape index (κ1) is 15.4. The van der Waals surface area contributed by atoms with Crippen LogP contribution in [0, 0.1) is 11.3 Å². The van der Waals surface area contributed by atoms with Crippen molar-refractivity contribution < 1.29 is 9.47 Å². The van der Waals surface area contributed by atoms with Gasteiger partial charge in [0.05, 0.1) is 18.8 Å². The highest BCUT2D eigenvalue weighted by Gasteiger charge is 2.22. The second-order valence-corrected chi connectivity index (χ2v) is 4.07. The zero-order chi connectivity index (χ0) is 12.4. The van der Waals surface area contributed by atoms with Gasteiger partial charge in [0.15, 0.2) is 0 Å². The van der Waals surface area contributed by atoms with Gasteiger partial charge in [-0.2, -0.15) is 5.26 Å². The van der Waals surface area contributed by atoms with E-state index in [9.17, 15) is 0 Å². The third kappa shape index (κ3) is 6.78. The molecule has 0 heterocycles. The number of hydrogen-bond acceptors (Lipinski definition) is 4. The topological polar surface area (TPSA) is 54.3 Å². The second kappa shape index (κ2) is 8.51. The summed E-state index contributed by atoms with van der Waals surface area (Å²) in [4.78, 5) is 0. The van der Waals surface area contributed by atoms with Crippen LogP contribution in [0.1, 0.15) is 34.1 Å². The zero-order valence-corrected chi connectivity index (χ0v) is 10.9. The van der Waals surface area contributed by atoms with Crippen LogP contribution in [0.2, 0.25) is 0 Å². The molecule has 0 radical (unpaired) electrons. The maximum Gasteiger partial charge on any atom is 0.106 e. The minimum Gasteiger partial charge on any atom is -0.379 e. The maximum atomic E-state index is 9.03. The fraction of sp³-hybridized carbons (Fsp3) is 0.917. The Hall–Kier alpha value is -0.630. The van der Waals surface area contributed by atoms with Crippen molar-refractivity contribution in [3.63, 3.8) is 0 Å². The minimum atomic E-state index is -0.486. The first-order chi connectivity index (χ1) is 7.58. The zero-order valence-electron chi connectivity index (χ0n) is 10.9. The average molecular weight is 228 g/mol. The SMILES string of the molecule is CCNC(C)(C#N)CCOC(C)COCC. The van der Waals surface area contributed by atoms with Crippen LogP contribution >= 0.6 is 0 Å². The van der Waals surface area contributed by atoms with Gasteiger partial charge in [-0.1, -0.05) is 6.92 Å². The molecular weight excluding hydrogens is 204 g/mol. The largest absolute Gasteiger partial charge is 0.379 e. The molecule has 0 bridgehead atoms. The van der Waals surface area contributed by atoms with E-state index < -0.39 is 5.54 Å².